The number of hydrogen-bond donors (Lipinski definition) is 1. The van der Waals surface area contributed by atoms with Gasteiger partial charge in [-0.15, -0.1) is 11.3 Å². The molecule has 2 heterocycles. The molecule has 3 nitrogen and oxygen atoms in total. The quantitative estimate of drug-likeness (QED) is 0.921. The van der Waals surface area contributed by atoms with Crippen molar-refractivity contribution in [3.63, 3.8) is 0 Å². The molecule has 1 aliphatic heterocycles. The summed E-state index contributed by atoms with van der Waals surface area (Å²) in [7, 11) is 0. The van der Waals surface area contributed by atoms with Crippen LogP contribution >= 0.6 is 27.3 Å². The van der Waals surface area contributed by atoms with E-state index < -0.39 is 5.97 Å². The smallest absolute Gasteiger partial charge is 0.306 e. The third-order valence-corrected chi connectivity index (χ3v) is 5.75. The van der Waals surface area contributed by atoms with Crippen LogP contribution in [0, 0.1) is 12.8 Å². The Bertz CT molecular complexity index is 427. The minimum Gasteiger partial charge on any atom is -0.481 e. The maximum Gasteiger partial charge on any atom is 0.306 e. The van der Waals surface area contributed by atoms with Crippen molar-refractivity contribution in [3.05, 3.63) is 20.3 Å². The van der Waals surface area contributed by atoms with Crippen LogP contribution in [0.4, 0.5) is 0 Å². The molecule has 1 aliphatic rings. The largest absolute Gasteiger partial charge is 0.481 e. The van der Waals surface area contributed by atoms with Gasteiger partial charge in [0, 0.05) is 26.8 Å². The highest BCUT2D eigenvalue weighted by molar-refractivity contribution is 9.10. The van der Waals surface area contributed by atoms with Crippen molar-refractivity contribution in [3.8, 4) is 0 Å². The van der Waals surface area contributed by atoms with Crippen LogP contribution in [0.25, 0.3) is 0 Å². The molecule has 2 unspecified atom stereocenters. The second-order valence-electron chi connectivity index (χ2n) is 5.00. The van der Waals surface area contributed by atoms with Gasteiger partial charge in [-0.25, -0.2) is 0 Å². The molecule has 1 saturated heterocycles. The Morgan fingerprint density at radius 1 is 1.67 bits per heavy atom. The number of aryl methyl sites for hydroxylation is 1. The maximum atomic E-state index is 11.0. The van der Waals surface area contributed by atoms with E-state index in [4.69, 9.17) is 5.11 Å². The molecule has 1 N–H and O–H groups in total. The fourth-order valence-electron chi connectivity index (χ4n) is 2.48. The average molecular weight is 332 g/mol. The van der Waals surface area contributed by atoms with Gasteiger partial charge in [0.2, 0.25) is 0 Å². The van der Waals surface area contributed by atoms with Gasteiger partial charge >= 0.3 is 5.97 Å². The number of halogens is 1. The number of nitrogens with zero attached hydrogens (tertiary/aromatic N) is 1. The SMILES string of the molecule is Cc1sc(CN2CCC(C(=O)O)CC2C)cc1Br. The first-order chi connectivity index (χ1) is 8.47. The van der Waals surface area contributed by atoms with E-state index in [1.54, 1.807) is 0 Å². The standard InChI is InChI=1S/C13H18BrNO2S/c1-8-5-10(13(16)17)3-4-15(8)7-11-6-12(14)9(2)18-11/h6,8,10H,3-5,7H2,1-2H3,(H,16,17). The van der Waals surface area contributed by atoms with Gasteiger partial charge in [-0.3, -0.25) is 9.69 Å². The van der Waals surface area contributed by atoms with Gasteiger partial charge in [0.05, 0.1) is 5.92 Å². The Morgan fingerprint density at radius 3 is 2.89 bits per heavy atom. The fraction of sp³-hybridized carbons (Fsp3) is 0.615. The first-order valence-corrected chi connectivity index (χ1v) is 7.80. The molecule has 1 aromatic heterocycles. The molecule has 0 aromatic carbocycles. The summed E-state index contributed by atoms with van der Waals surface area (Å²) in [4.78, 5) is 16.0. The third kappa shape index (κ3) is 3.13. The monoisotopic (exact) mass is 331 g/mol. The molecule has 1 aromatic rings. The van der Waals surface area contributed by atoms with Crippen LogP contribution in [0.3, 0.4) is 0 Å². The van der Waals surface area contributed by atoms with Crippen molar-refractivity contribution in [2.24, 2.45) is 5.92 Å². The maximum absolute atomic E-state index is 11.0. The molecule has 100 valence electrons. The number of carboxylic acid groups (broad SMARTS) is 1. The minimum atomic E-state index is -0.642. The highest BCUT2D eigenvalue weighted by Gasteiger charge is 2.29. The lowest BCUT2D eigenvalue weighted by atomic mass is 9.92. The summed E-state index contributed by atoms with van der Waals surface area (Å²) < 4.78 is 1.18. The van der Waals surface area contributed by atoms with Crippen LogP contribution < -0.4 is 0 Å². The van der Waals surface area contributed by atoms with Gasteiger partial charge < -0.3 is 5.11 Å². The number of aliphatic carboxylic acids is 1. The van der Waals surface area contributed by atoms with Gasteiger partial charge in [-0.2, -0.15) is 0 Å². The summed E-state index contributed by atoms with van der Waals surface area (Å²) in [6.07, 6.45) is 1.53. The number of hydrogen-bond acceptors (Lipinski definition) is 3. The number of rotatable bonds is 3. The summed E-state index contributed by atoms with van der Waals surface area (Å²) in [6.45, 7) is 6.06. The van der Waals surface area contributed by atoms with E-state index in [1.165, 1.54) is 14.2 Å². The number of likely N-dealkylation sites (tertiary alicyclic amines) is 1. The molecule has 0 radical (unpaired) electrons. The van der Waals surface area contributed by atoms with Crippen molar-refractivity contribution >= 4 is 33.2 Å². The molecule has 2 rings (SSSR count). The topological polar surface area (TPSA) is 40.5 Å². The average Bonchev–Trinajstić information content (AvgIpc) is 2.61. The van der Waals surface area contributed by atoms with Gasteiger partial charge in [0.15, 0.2) is 0 Å². The summed E-state index contributed by atoms with van der Waals surface area (Å²) in [5.74, 6) is -0.802. The summed E-state index contributed by atoms with van der Waals surface area (Å²) in [6, 6.07) is 2.52. The first-order valence-electron chi connectivity index (χ1n) is 6.19. The van der Waals surface area contributed by atoms with Gasteiger partial charge in [0.25, 0.3) is 0 Å². The second kappa shape index (κ2) is 5.72. The molecule has 0 amide bonds. The zero-order chi connectivity index (χ0) is 13.3. The zero-order valence-corrected chi connectivity index (χ0v) is 13.1. The van der Waals surface area contributed by atoms with E-state index in [-0.39, 0.29) is 5.92 Å². The van der Waals surface area contributed by atoms with Crippen LogP contribution in [0.5, 0.6) is 0 Å². The summed E-state index contributed by atoms with van der Waals surface area (Å²) in [5, 5.41) is 9.05. The molecule has 0 bridgehead atoms. The van der Waals surface area contributed by atoms with E-state index in [2.05, 4.69) is 40.7 Å². The Labute approximate surface area is 120 Å². The Balaban J connectivity index is 1.97. The number of carbonyl (C=O) groups is 1. The van der Waals surface area contributed by atoms with Crippen molar-refractivity contribution in [1.29, 1.82) is 0 Å². The molecule has 5 heteroatoms. The first kappa shape index (κ1) is 14.0. The minimum absolute atomic E-state index is 0.159. The Hall–Kier alpha value is -0.390. The Morgan fingerprint density at radius 2 is 2.39 bits per heavy atom. The second-order valence-corrected chi connectivity index (χ2v) is 7.19. The van der Waals surface area contributed by atoms with Crippen molar-refractivity contribution in [2.75, 3.05) is 6.54 Å². The molecule has 0 spiro atoms. The van der Waals surface area contributed by atoms with Gasteiger partial charge in [0.1, 0.15) is 0 Å². The highest BCUT2D eigenvalue weighted by Crippen LogP contribution is 2.30. The van der Waals surface area contributed by atoms with Crippen LogP contribution in [0.2, 0.25) is 0 Å². The third-order valence-electron chi connectivity index (χ3n) is 3.63. The summed E-state index contributed by atoms with van der Waals surface area (Å²) in [5.41, 5.74) is 0. The van der Waals surface area contributed by atoms with E-state index >= 15 is 0 Å². The zero-order valence-electron chi connectivity index (χ0n) is 10.6. The van der Waals surface area contributed by atoms with Crippen molar-refractivity contribution in [1.82, 2.24) is 4.90 Å². The van der Waals surface area contributed by atoms with Crippen molar-refractivity contribution in [2.45, 2.75) is 39.3 Å². The number of carboxylic acids is 1. The van der Waals surface area contributed by atoms with E-state index in [1.807, 2.05) is 11.3 Å². The molecular formula is C13H18BrNO2S. The van der Waals surface area contributed by atoms with E-state index in [0.717, 1.165) is 25.9 Å². The van der Waals surface area contributed by atoms with Crippen LogP contribution in [-0.2, 0) is 11.3 Å². The summed E-state index contributed by atoms with van der Waals surface area (Å²) >= 11 is 5.35. The van der Waals surface area contributed by atoms with E-state index in [0.29, 0.717) is 6.04 Å². The molecule has 0 saturated carbocycles. The predicted octanol–water partition coefficient (Wildman–Crippen LogP) is 3.50. The normalized spacial score (nSPS) is 25.3. The van der Waals surface area contributed by atoms with E-state index in [9.17, 15) is 4.79 Å². The van der Waals surface area contributed by atoms with Crippen LogP contribution in [0.15, 0.2) is 10.5 Å². The van der Waals surface area contributed by atoms with Crippen molar-refractivity contribution < 1.29 is 9.90 Å². The highest BCUT2D eigenvalue weighted by atomic mass is 79.9. The molecular weight excluding hydrogens is 314 g/mol. The van der Waals surface area contributed by atoms with Crippen LogP contribution in [-0.4, -0.2) is 28.6 Å². The number of piperidine rings is 1. The Kier molecular flexibility index (Phi) is 4.45. The van der Waals surface area contributed by atoms with Crippen LogP contribution in [0.1, 0.15) is 29.5 Å². The molecule has 0 aliphatic carbocycles. The fourth-order valence-corrected chi connectivity index (χ4v) is 4.10. The lowest BCUT2D eigenvalue weighted by Crippen LogP contribution is -2.41. The molecule has 18 heavy (non-hydrogen) atoms. The lowest BCUT2D eigenvalue weighted by molar-refractivity contribution is -0.144. The van der Waals surface area contributed by atoms with Gasteiger partial charge in [-0.05, 0) is 55.2 Å². The predicted molar refractivity (Wildman–Crippen MR) is 77.0 cm³/mol. The molecule has 2 atom stereocenters. The lowest BCUT2D eigenvalue weighted by Gasteiger charge is -2.35. The number of thiophene rings is 1. The molecule has 1 fully saturated rings. The van der Waals surface area contributed by atoms with Gasteiger partial charge in [-0.1, -0.05) is 0 Å².